The van der Waals surface area contributed by atoms with E-state index in [1.807, 2.05) is 13.8 Å². The first-order valence-corrected chi connectivity index (χ1v) is 10.6. The number of carbonyl (C=O) groups is 4. The molecule has 0 heterocycles. The third kappa shape index (κ3) is 11.1. The number of aliphatic hydroxyl groups is 1. The molecule has 9 N–H and O–H groups in total. The second kappa shape index (κ2) is 14.7. The van der Waals surface area contributed by atoms with E-state index in [0.717, 1.165) is 0 Å². The molecule has 0 rings (SSSR count). The van der Waals surface area contributed by atoms with Crippen molar-refractivity contribution in [1.82, 2.24) is 16.0 Å². The van der Waals surface area contributed by atoms with Crippen LogP contribution in [0.5, 0.6) is 0 Å². The molecule has 0 aromatic rings. The van der Waals surface area contributed by atoms with Crippen LogP contribution in [0.25, 0.3) is 0 Å². The molecule has 11 nitrogen and oxygen atoms in total. The summed E-state index contributed by atoms with van der Waals surface area (Å²) >= 11 is 0. The lowest BCUT2D eigenvalue weighted by molar-refractivity contribution is -0.143. The average Bonchev–Trinajstić information content (AvgIpc) is 2.68. The first kappa shape index (κ1) is 28.8. The molecule has 31 heavy (non-hydrogen) atoms. The van der Waals surface area contributed by atoms with Crippen LogP contribution >= 0.6 is 0 Å². The molecule has 4 atom stereocenters. The van der Waals surface area contributed by atoms with E-state index in [-0.39, 0.29) is 24.7 Å². The minimum atomic E-state index is -1.18. The van der Waals surface area contributed by atoms with Crippen molar-refractivity contribution in [2.24, 2.45) is 23.3 Å². The van der Waals surface area contributed by atoms with Gasteiger partial charge < -0.3 is 37.6 Å². The van der Waals surface area contributed by atoms with E-state index in [2.05, 4.69) is 16.0 Å². The number of amides is 3. The van der Waals surface area contributed by atoms with Gasteiger partial charge in [0, 0.05) is 0 Å². The van der Waals surface area contributed by atoms with Crippen molar-refractivity contribution < 1.29 is 29.4 Å². The van der Waals surface area contributed by atoms with Crippen molar-refractivity contribution in [3.05, 3.63) is 0 Å². The van der Waals surface area contributed by atoms with Gasteiger partial charge in [0.05, 0.1) is 6.61 Å². The van der Waals surface area contributed by atoms with Gasteiger partial charge in [0.15, 0.2) is 0 Å². The Bertz CT molecular complexity index is 599. The Morgan fingerprint density at radius 3 is 1.90 bits per heavy atom. The van der Waals surface area contributed by atoms with Gasteiger partial charge in [-0.1, -0.05) is 27.7 Å². The highest BCUT2D eigenvalue weighted by molar-refractivity contribution is 5.94. The third-order valence-corrected chi connectivity index (χ3v) is 4.68. The maximum absolute atomic E-state index is 12.8. The third-order valence-electron chi connectivity index (χ3n) is 4.68. The Morgan fingerprint density at radius 2 is 1.45 bits per heavy atom. The number of aliphatic hydroxyl groups excluding tert-OH is 1. The molecular formula is C20H39N5O6. The minimum absolute atomic E-state index is 0.0476. The van der Waals surface area contributed by atoms with Gasteiger partial charge in [-0.25, -0.2) is 4.79 Å². The Kier molecular flexibility index (Phi) is 13.6. The quantitative estimate of drug-likeness (QED) is 0.150. The molecule has 0 fully saturated rings. The van der Waals surface area contributed by atoms with E-state index < -0.39 is 54.5 Å². The summed E-state index contributed by atoms with van der Waals surface area (Å²) < 4.78 is 0. The fraction of sp³-hybridized carbons (Fsp3) is 0.800. The number of unbranched alkanes of at least 4 members (excludes halogenated alkanes) is 1. The highest BCUT2D eigenvalue weighted by atomic mass is 16.4. The number of carboxylic acid groups (broad SMARTS) is 1. The van der Waals surface area contributed by atoms with Gasteiger partial charge in [0.2, 0.25) is 17.7 Å². The SMILES string of the molecule is CC(C)CC(NC(=O)C(NC(=O)C(CCCCN)NC(=O)C(N)CO)C(C)C)C(=O)O. The largest absolute Gasteiger partial charge is 0.480 e. The zero-order valence-corrected chi connectivity index (χ0v) is 18.9. The number of carboxylic acids is 1. The van der Waals surface area contributed by atoms with Gasteiger partial charge in [-0.15, -0.1) is 0 Å². The van der Waals surface area contributed by atoms with Crippen LogP contribution in [0.2, 0.25) is 0 Å². The van der Waals surface area contributed by atoms with E-state index in [1.54, 1.807) is 13.8 Å². The summed E-state index contributed by atoms with van der Waals surface area (Å²) in [5, 5.41) is 26.0. The molecule has 0 aromatic carbocycles. The van der Waals surface area contributed by atoms with Gasteiger partial charge in [-0.3, -0.25) is 14.4 Å². The van der Waals surface area contributed by atoms with Crippen LogP contribution in [0.3, 0.4) is 0 Å². The molecule has 4 unspecified atom stereocenters. The maximum atomic E-state index is 12.8. The molecule has 0 saturated heterocycles. The molecule has 0 spiro atoms. The fourth-order valence-corrected chi connectivity index (χ4v) is 2.87. The van der Waals surface area contributed by atoms with Gasteiger partial charge in [0.25, 0.3) is 0 Å². The van der Waals surface area contributed by atoms with Crippen molar-refractivity contribution in [2.45, 2.75) is 77.5 Å². The summed E-state index contributed by atoms with van der Waals surface area (Å²) in [6.07, 6.45) is 1.70. The molecule has 0 bridgehead atoms. The molecule has 0 aromatic heterocycles. The van der Waals surface area contributed by atoms with Crippen LogP contribution in [0.15, 0.2) is 0 Å². The van der Waals surface area contributed by atoms with Gasteiger partial charge in [-0.2, -0.15) is 0 Å². The zero-order valence-electron chi connectivity index (χ0n) is 18.9. The van der Waals surface area contributed by atoms with Crippen LogP contribution in [-0.2, 0) is 19.2 Å². The number of rotatable bonds is 15. The monoisotopic (exact) mass is 445 g/mol. The highest BCUT2D eigenvalue weighted by Gasteiger charge is 2.31. The van der Waals surface area contributed by atoms with Crippen LogP contribution in [0.1, 0.15) is 53.4 Å². The smallest absolute Gasteiger partial charge is 0.326 e. The predicted octanol–water partition coefficient (Wildman–Crippen LogP) is -1.32. The van der Waals surface area contributed by atoms with Crippen molar-refractivity contribution in [1.29, 1.82) is 0 Å². The Hall–Kier alpha value is -2.24. The molecule has 0 aliphatic rings. The van der Waals surface area contributed by atoms with E-state index in [1.165, 1.54) is 0 Å². The van der Waals surface area contributed by atoms with Gasteiger partial charge >= 0.3 is 5.97 Å². The molecule has 180 valence electrons. The topological polar surface area (TPSA) is 197 Å². The van der Waals surface area contributed by atoms with Crippen molar-refractivity contribution >= 4 is 23.7 Å². The van der Waals surface area contributed by atoms with E-state index >= 15 is 0 Å². The number of nitrogens with two attached hydrogens (primary N) is 2. The highest BCUT2D eigenvalue weighted by Crippen LogP contribution is 2.09. The summed E-state index contributed by atoms with van der Waals surface area (Å²) in [7, 11) is 0. The summed E-state index contributed by atoms with van der Waals surface area (Å²) in [5.74, 6) is -3.34. The standard InChI is InChI=1S/C20H39N5O6/c1-11(2)9-15(20(30)31)24-19(29)16(12(3)4)25-18(28)14(7-5-6-8-21)23-17(27)13(22)10-26/h11-16,26H,5-10,21-22H2,1-4H3,(H,23,27)(H,24,29)(H,25,28)(H,30,31). The molecule has 3 amide bonds. The normalized spacial score (nSPS) is 15.1. The van der Waals surface area contributed by atoms with Crippen LogP contribution in [-0.4, -0.2) is 71.2 Å². The lowest BCUT2D eigenvalue weighted by atomic mass is 9.99. The number of hydrogen-bond donors (Lipinski definition) is 7. The second-order valence-corrected chi connectivity index (χ2v) is 8.39. The Labute approximate surface area is 183 Å². The zero-order chi connectivity index (χ0) is 24.1. The first-order chi connectivity index (χ1) is 14.4. The summed E-state index contributed by atoms with van der Waals surface area (Å²) in [4.78, 5) is 49.1. The van der Waals surface area contributed by atoms with Gasteiger partial charge in [0.1, 0.15) is 24.2 Å². The number of carbonyl (C=O) groups excluding carboxylic acids is 3. The molecule has 0 aliphatic heterocycles. The number of hydrogen-bond acceptors (Lipinski definition) is 7. The first-order valence-electron chi connectivity index (χ1n) is 10.6. The molecular weight excluding hydrogens is 406 g/mol. The Morgan fingerprint density at radius 1 is 0.871 bits per heavy atom. The maximum Gasteiger partial charge on any atom is 0.326 e. The fourth-order valence-electron chi connectivity index (χ4n) is 2.87. The predicted molar refractivity (Wildman–Crippen MR) is 116 cm³/mol. The minimum Gasteiger partial charge on any atom is -0.480 e. The summed E-state index contributed by atoms with van der Waals surface area (Å²) in [5.41, 5.74) is 11.0. The molecule has 0 aliphatic carbocycles. The van der Waals surface area contributed by atoms with Crippen LogP contribution in [0, 0.1) is 11.8 Å². The average molecular weight is 446 g/mol. The second-order valence-electron chi connectivity index (χ2n) is 8.39. The van der Waals surface area contributed by atoms with Crippen LogP contribution in [0.4, 0.5) is 0 Å². The lowest BCUT2D eigenvalue weighted by Crippen LogP contribution is -2.58. The molecule has 0 radical (unpaired) electrons. The van der Waals surface area contributed by atoms with E-state index in [0.29, 0.717) is 19.4 Å². The van der Waals surface area contributed by atoms with Crippen molar-refractivity contribution in [3.8, 4) is 0 Å². The van der Waals surface area contributed by atoms with E-state index in [4.69, 9.17) is 16.6 Å². The number of aliphatic carboxylic acids is 1. The van der Waals surface area contributed by atoms with Crippen molar-refractivity contribution in [2.75, 3.05) is 13.2 Å². The summed E-state index contributed by atoms with van der Waals surface area (Å²) in [6.45, 7) is 6.96. The molecule has 0 saturated carbocycles. The van der Waals surface area contributed by atoms with E-state index in [9.17, 15) is 24.3 Å². The van der Waals surface area contributed by atoms with Gasteiger partial charge in [-0.05, 0) is 44.1 Å². The van der Waals surface area contributed by atoms with Crippen LogP contribution < -0.4 is 27.4 Å². The Balaban J connectivity index is 5.36. The summed E-state index contributed by atoms with van der Waals surface area (Å²) in [6, 6.07) is -4.23. The number of nitrogens with one attached hydrogen (secondary N) is 3. The molecule has 11 heteroatoms. The van der Waals surface area contributed by atoms with Crippen molar-refractivity contribution in [3.63, 3.8) is 0 Å². The lowest BCUT2D eigenvalue weighted by Gasteiger charge is -2.27.